The largest absolute Gasteiger partial charge is 0.481 e. The molecule has 0 heterocycles. The summed E-state index contributed by atoms with van der Waals surface area (Å²) in [5.41, 5.74) is -1.28. The molecule has 0 saturated heterocycles. The van der Waals surface area contributed by atoms with Crippen LogP contribution in [0.2, 0.25) is 0 Å². The van der Waals surface area contributed by atoms with E-state index in [-0.39, 0.29) is 59.7 Å². The van der Waals surface area contributed by atoms with Crippen LogP contribution in [-0.4, -0.2) is 40.0 Å². The van der Waals surface area contributed by atoms with Crippen LogP contribution in [0.15, 0.2) is 0 Å². The molecule has 204 valence electrons. The van der Waals surface area contributed by atoms with E-state index >= 15 is 0 Å². The van der Waals surface area contributed by atoms with Gasteiger partial charge in [-0.05, 0) is 84.0 Å². The summed E-state index contributed by atoms with van der Waals surface area (Å²) in [6.07, 6.45) is 2.13. The van der Waals surface area contributed by atoms with Crippen LogP contribution >= 0.6 is 0 Å². The van der Waals surface area contributed by atoms with Crippen molar-refractivity contribution in [1.82, 2.24) is 0 Å². The molecule has 0 aliphatic heterocycles. The Labute approximate surface area is 212 Å². The van der Waals surface area contributed by atoms with E-state index < -0.39 is 17.2 Å². The molecule has 2 saturated carbocycles. The van der Waals surface area contributed by atoms with E-state index in [0.717, 1.165) is 6.42 Å². The molecular formula is C28H50O7. The van der Waals surface area contributed by atoms with Gasteiger partial charge in [-0.3, -0.25) is 19.2 Å². The third-order valence-electron chi connectivity index (χ3n) is 7.40. The number of esters is 2. The van der Waals surface area contributed by atoms with Crippen LogP contribution in [0, 0.1) is 34.5 Å². The van der Waals surface area contributed by atoms with Crippen molar-refractivity contribution in [1.29, 1.82) is 0 Å². The van der Waals surface area contributed by atoms with Crippen LogP contribution in [-0.2, 0) is 28.7 Å². The van der Waals surface area contributed by atoms with Crippen molar-refractivity contribution in [2.45, 2.75) is 120 Å². The summed E-state index contributed by atoms with van der Waals surface area (Å²) in [6.45, 7) is 20.7. The first-order valence-corrected chi connectivity index (χ1v) is 12.2. The Morgan fingerprint density at radius 2 is 1.06 bits per heavy atom. The first-order chi connectivity index (χ1) is 15.1. The molecule has 0 amide bonds. The van der Waals surface area contributed by atoms with Gasteiger partial charge in [0.1, 0.15) is 17.0 Å². The fourth-order valence-electron chi connectivity index (χ4n) is 5.00. The summed E-state index contributed by atoms with van der Waals surface area (Å²) < 4.78 is 10.6. The Balaban J connectivity index is 0.000000642. The fraction of sp³-hybridized carbons (Fsp3) is 0.857. The first-order valence-electron chi connectivity index (χ1n) is 12.2. The smallest absolute Gasteiger partial charge is 0.307 e. The van der Waals surface area contributed by atoms with Gasteiger partial charge in [0.2, 0.25) is 0 Å². The molecule has 2 rings (SSSR count). The maximum absolute atomic E-state index is 11.7. The molecular weight excluding hydrogens is 448 g/mol. The van der Waals surface area contributed by atoms with Gasteiger partial charge >= 0.3 is 17.9 Å². The molecule has 0 aromatic carbocycles. The summed E-state index contributed by atoms with van der Waals surface area (Å²) in [6, 6.07) is 0. The van der Waals surface area contributed by atoms with Crippen LogP contribution in [0.5, 0.6) is 0 Å². The third-order valence-corrected chi connectivity index (χ3v) is 7.40. The molecule has 0 unspecified atom stereocenters. The monoisotopic (exact) mass is 498 g/mol. The molecule has 7 nitrogen and oxygen atoms in total. The zero-order valence-electron chi connectivity index (χ0n) is 23.0. The van der Waals surface area contributed by atoms with Gasteiger partial charge in [0, 0.05) is 18.8 Å². The van der Waals surface area contributed by atoms with Crippen molar-refractivity contribution in [3.8, 4) is 0 Å². The molecule has 2 fully saturated rings. The average molecular weight is 499 g/mol. The minimum Gasteiger partial charge on any atom is -0.481 e. The van der Waals surface area contributed by atoms with Crippen molar-refractivity contribution in [2.75, 3.05) is 0 Å². The molecule has 2 aliphatic carbocycles. The van der Waals surface area contributed by atoms with E-state index in [4.69, 9.17) is 14.6 Å². The molecule has 4 atom stereocenters. The number of carbonyl (C=O) groups is 4. The predicted molar refractivity (Wildman–Crippen MR) is 137 cm³/mol. The van der Waals surface area contributed by atoms with Crippen LogP contribution in [0.3, 0.4) is 0 Å². The topological polar surface area (TPSA) is 107 Å². The summed E-state index contributed by atoms with van der Waals surface area (Å²) in [5, 5.41) is 8.99. The Morgan fingerprint density at radius 1 is 0.743 bits per heavy atom. The SMILES string of the molecule is C.CC(=O)[C@@H]1C[C@H](CC(=O)OC(C)(C)C)C1(C)C.CC(C)(C)OC(=O)C[C@H]1C[C@@H](C(=O)O)C1(C)C. The highest BCUT2D eigenvalue weighted by molar-refractivity contribution is 5.81. The normalized spacial score (nSPS) is 26.4. The second-order valence-corrected chi connectivity index (χ2v) is 13.1. The number of Topliss-reactive ketones (excluding diaryl/α,β-unsaturated/α-hetero) is 1. The minimum absolute atomic E-state index is 0. The lowest BCUT2D eigenvalue weighted by Crippen LogP contribution is -2.49. The lowest BCUT2D eigenvalue weighted by Gasteiger charge is -2.51. The van der Waals surface area contributed by atoms with Gasteiger partial charge < -0.3 is 14.6 Å². The number of aliphatic carboxylic acids is 1. The summed E-state index contributed by atoms with van der Waals surface area (Å²) in [7, 11) is 0. The summed E-state index contributed by atoms with van der Waals surface area (Å²) in [4.78, 5) is 45.7. The van der Waals surface area contributed by atoms with E-state index in [0.29, 0.717) is 19.3 Å². The van der Waals surface area contributed by atoms with Gasteiger partial charge in [-0.1, -0.05) is 35.1 Å². The molecule has 7 heteroatoms. The number of carboxylic acid groups (broad SMARTS) is 1. The molecule has 35 heavy (non-hydrogen) atoms. The Hall–Kier alpha value is -1.92. The van der Waals surface area contributed by atoms with E-state index in [1.807, 2.05) is 55.4 Å². The summed E-state index contributed by atoms with van der Waals surface area (Å²) in [5.74, 6) is -0.780. The van der Waals surface area contributed by atoms with Crippen molar-refractivity contribution in [2.24, 2.45) is 34.5 Å². The van der Waals surface area contributed by atoms with Crippen LogP contribution in [0.25, 0.3) is 0 Å². The maximum atomic E-state index is 11.7. The van der Waals surface area contributed by atoms with E-state index in [1.54, 1.807) is 6.92 Å². The van der Waals surface area contributed by atoms with Gasteiger partial charge in [0.15, 0.2) is 0 Å². The van der Waals surface area contributed by atoms with E-state index in [2.05, 4.69) is 13.8 Å². The molecule has 0 aromatic heterocycles. The Bertz CT molecular complexity index is 714. The quantitative estimate of drug-likeness (QED) is 0.443. The van der Waals surface area contributed by atoms with Crippen LogP contribution < -0.4 is 0 Å². The van der Waals surface area contributed by atoms with Gasteiger partial charge in [0.25, 0.3) is 0 Å². The fourth-order valence-corrected chi connectivity index (χ4v) is 5.00. The highest BCUT2D eigenvalue weighted by Crippen LogP contribution is 2.54. The van der Waals surface area contributed by atoms with Crippen molar-refractivity contribution in [3.05, 3.63) is 0 Å². The van der Waals surface area contributed by atoms with Gasteiger partial charge in [-0.15, -0.1) is 0 Å². The number of carbonyl (C=O) groups excluding carboxylic acids is 3. The number of hydrogen-bond acceptors (Lipinski definition) is 6. The Kier molecular flexibility index (Phi) is 10.8. The second kappa shape index (κ2) is 11.4. The number of hydrogen-bond donors (Lipinski definition) is 1. The summed E-state index contributed by atoms with van der Waals surface area (Å²) >= 11 is 0. The minimum atomic E-state index is -0.768. The number of ether oxygens (including phenoxy) is 2. The molecule has 0 spiro atoms. The van der Waals surface area contributed by atoms with Gasteiger partial charge in [0.05, 0.1) is 5.92 Å². The molecule has 0 bridgehead atoms. The average Bonchev–Trinajstić information content (AvgIpc) is 2.58. The zero-order chi connectivity index (χ0) is 26.9. The van der Waals surface area contributed by atoms with Crippen molar-refractivity contribution < 1.29 is 33.8 Å². The molecule has 0 radical (unpaired) electrons. The highest BCUT2D eigenvalue weighted by atomic mass is 16.6. The number of ketones is 1. The zero-order valence-corrected chi connectivity index (χ0v) is 23.0. The van der Waals surface area contributed by atoms with Gasteiger partial charge in [-0.2, -0.15) is 0 Å². The van der Waals surface area contributed by atoms with E-state index in [1.165, 1.54) is 0 Å². The van der Waals surface area contributed by atoms with Gasteiger partial charge in [-0.25, -0.2) is 0 Å². The molecule has 1 N–H and O–H groups in total. The number of carboxylic acids is 1. The predicted octanol–water partition coefficient (Wildman–Crippen LogP) is 6.07. The lowest BCUT2D eigenvalue weighted by atomic mass is 9.53. The first kappa shape index (κ1) is 33.1. The third kappa shape index (κ3) is 9.23. The molecule has 2 aliphatic rings. The van der Waals surface area contributed by atoms with Crippen molar-refractivity contribution >= 4 is 23.7 Å². The molecule has 0 aromatic rings. The number of rotatable bonds is 6. The second-order valence-electron chi connectivity index (χ2n) is 13.1. The Morgan fingerprint density at radius 3 is 1.29 bits per heavy atom. The maximum Gasteiger partial charge on any atom is 0.307 e. The van der Waals surface area contributed by atoms with Crippen molar-refractivity contribution in [3.63, 3.8) is 0 Å². The van der Waals surface area contributed by atoms with Crippen LogP contribution in [0.4, 0.5) is 0 Å². The lowest BCUT2D eigenvalue weighted by molar-refractivity contribution is -0.169. The van der Waals surface area contributed by atoms with Crippen LogP contribution in [0.1, 0.15) is 109 Å². The standard InChI is InChI=1S/C14H24O3.C13H22O4.CH4/c1-9(15)11-7-10(14(11,5)6)8-12(16)17-13(2,3)4;1-12(2,3)17-10(14)7-8-6-9(11(15)16)13(8,4)5;/h10-11H,7-8H2,1-6H3;8-9H,6-7H2,1-5H3,(H,15,16);1H4/t10-,11+;8-,9+;/m11./s1. The van der Waals surface area contributed by atoms with E-state index in [9.17, 15) is 19.2 Å². The highest BCUT2D eigenvalue weighted by Gasteiger charge is 2.53.